The molecule has 2 aromatic rings. The van der Waals surface area contributed by atoms with Crippen LogP contribution < -0.4 is 16.0 Å². The van der Waals surface area contributed by atoms with Gasteiger partial charge in [-0.3, -0.25) is 10.1 Å². The van der Waals surface area contributed by atoms with Crippen molar-refractivity contribution in [3.63, 3.8) is 0 Å². The van der Waals surface area contributed by atoms with Crippen molar-refractivity contribution in [2.75, 3.05) is 10.6 Å². The first-order chi connectivity index (χ1) is 10.8. The number of rotatable bonds is 4. The molecule has 6 nitrogen and oxygen atoms in total. The summed E-state index contributed by atoms with van der Waals surface area (Å²) >= 11 is 1.10. The van der Waals surface area contributed by atoms with E-state index in [1.807, 2.05) is 13.8 Å². The van der Waals surface area contributed by atoms with E-state index >= 15 is 0 Å². The van der Waals surface area contributed by atoms with Gasteiger partial charge in [0.1, 0.15) is 10.7 Å². The SMILES string of the molecule is Cc1nc(NC(=O)Nc2ccc(F)cc2)sc1C(=O)NC(C)C. The molecule has 0 spiro atoms. The topological polar surface area (TPSA) is 83.1 Å². The zero-order valence-corrected chi connectivity index (χ0v) is 13.8. The third-order valence-electron chi connectivity index (χ3n) is 2.75. The van der Waals surface area contributed by atoms with Gasteiger partial charge < -0.3 is 10.6 Å². The first-order valence-electron chi connectivity index (χ1n) is 6.97. The van der Waals surface area contributed by atoms with Crippen molar-refractivity contribution in [2.45, 2.75) is 26.8 Å². The number of benzene rings is 1. The summed E-state index contributed by atoms with van der Waals surface area (Å²) in [5.74, 6) is -0.602. The average molecular weight is 336 g/mol. The van der Waals surface area contributed by atoms with E-state index in [0.717, 1.165) is 11.3 Å². The van der Waals surface area contributed by atoms with E-state index in [1.165, 1.54) is 24.3 Å². The van der Waals surface area contributed by atoms with E-state index in [-0.39, 0.29) is 17.8 Å². The third-order valence-corrected chi connectivity index (χ3v) is 3.82. The van der Waals surface area contributed by atoms with Gasteiger partial charge in [0, 0.05) is 11.7 Å². The van der Waals surface area contributed by atoms with Crippen LogP contribution >= 0.6 is 11.3 Å². The van der Waals surface area contributed by atoms with Crippen LogP contribution in [-0.2, 0) is 0 Å². The number of carbonyl (C=O) groups excluding carboxylic acids is 2. The minimum absolute atomic E-state index is 0.0159. The Morgan fingerprint density at radius 3 is 2.43 bits per heavy atom. The van der Waals surface area contributed by atoms with Gasteiger partial charge in [-0.1, -0.05) is 11.3 Å². The summed E-state index contributed by atoms with van der Waals surface area (Å²) in [6, 6.07) is 4.89. The van der Waals surface area contributed by atoms with Crippen LogP contribution in [0.15, 0.2) is 24.3 Å². The number of hydrogen-bond donors (Lipinski definition) is 3. The van der Waals surface area contributed by atoms with E-state index < -0.39 is 6.03 Å². The predicted molar refractivity (Wildman–Crippen MR) is 88.5 cm³/mol. The maximum atomic E-state index is 12.8. The molecule has 3 amide bonds. The second kappa shape index (κ2) is 7.19. The van der Waals surface area contributed by atoms with Crippen molar-refractivity contribution >= 4 is 34.1 Å². The molecule has 0 aliphatic carbocycles. The lowest BCUT2D eigenvalue weighted by molar-refractivity contribution is 0.0946. The summed E-state index contributed by atoms with van der Waals surface area (Å²) in [6.45, 7) is 5.43. The second-order valence-corrected chi connectivity index (χ2v) is 6.15. The summed E-state index contributed by atoms with van der Waals surface area (Å²) in [5.41, 5.74) is 1.00. The summed E-state index contributed by atoms with van der Waals surface area (Å²) in [7, 11) is 0. The van der Waals surface area contributed by atoms with Crippen LogP contribution in [0.2, 0.25) is 0 Å². The Morgan fingerprint density at radius 2 is 1.83 bits per heavy atom. The smallest absolute Gasteiger partial charge is 0.325 e. The number of nitrogens with zero attached hydrogens (tertiary/aromatic N) is 1. The molecule has 0 aliphatic heterocycles. The van der Waals surface area contributed by atoms with E-state index in [4.69, 9.17) is 0 Å². The normalized spacial score (nSPS) is 10.5. The van der Waals surface area contributed by atoms with Gasteiger partial charge in [0.25, 0.3) is 5.91 Å². The highest BCUT2D eigenvalue weighted by Gasteiger charge is 2.17. The Hall–Kier alpha value is -2.48. The number of amides is 3. The number of aromatic nitrogens is 1. The molecule has 1 aromatic heterocycles. The van der Waals surface area contributed by atoms with Crippen molar-refractivity contribution in [3.8, 4) is 0 Å². The molecule has 3 N–H and O–H groups in total. The highest BCUT2D eigenvalue weighted by molar-refractivity contribution is 7.17. The number of anilines is 2. The van der Waals surface area contributed by atoms with Crippen LogP contribution in [0.5, 0.6) is 0 Å². The summed E-state index contributed by atoms with van der Waals surface area (Å²) in [6.07, 6.45) is 0. The molecule has 122 valence electrons. The molecular weight excluding hydrogens is 319 g/mol. The molecule has 8 heteroatoms. The Bertz CT molecular complexity index is 713. The first-order valence-corrected chi connectivity index (χ1v) is 7.78. The summed E-state index contributed by atoms with van der Waals surface area (Å²) in [4.78, 5) is 28.5. The average Bonchev–Trinajstić information content (AvgIpc) is 2.81. The van der Waals surface area contributed by atoms with Crippen LogP contribution in [0.1, 0.15) is 29.2 Å². The van der Waals surface area contributed by atoms with Crippen LogP contribution in [0.3, 0.4) is 0 Å². The number of carbonyl (C=O) groups is 2. The van der Waals surface area contributed by atoms with Crippen LogP contribution in [0, 0.1) is 12.7 Å². The zero-order valence-electron chi connectivity index (χ0n) is 12.9. The lowest BCUT2D eigenvalue weighted by Crippen LogP contribution is -2.29. The van der Waals surface area contributed by atoms with Gasteiger partial charge in [0.2, 0.25) is 0 Å². The fraction of sp³-hybridized carbons (Fsp3) is 0.267. The number of halogens is 1. The second-order valence-electron chi connectivity index (χ2n) is 5.15. The molecule has 0 radical (unpaired) electrons. The van der Waals surface area contributed by atoms with Gasteiger partial charge in [-0.15, -0.1) is 0 Å². The number of aryl methyl sites for hydroxylation is 1. The Balaban J connectivity index is 2.01. The van der Waals surface area contributed by atoms with Gasteiger partial charge in [-0.25, -0.2) is 14.2 Å². The molecule has 0 saturated carbocycles. The molecule has 0 fully saturated rings. The van der Waals surface area contributed by atoms with Gasteiger partial charge >= 0.3 is 6.03 Å². The number of thiazole rings is 1. The minimum Gasteiger partial charge on any atom is -0.349 e. The maximum Gasteiger partial charge on any atom is 0.325 e. The lowest BCUT2D eigenvalue weighted by atomic mass is 10.3. The maximum absolute atomic E-state index is 12.8. The van der Waals surface area contributed by atoms with E-state index in [1.54, 1.807) is 6.92 Å². The van der Waals surface area contributed by atoms with Gasteiger partial charge in [-0.2, -0.15) is 0 Å². The first kappa shape index (κ1) is 16.9. The standard InChI is InChI=1S/C15H17FN4O2S/c1-8(2)17-13(21)12-9(3)18-15(23-12)20-14(22)19-11-6-4-10(16)5-7-11/h4-8H,1-3H3,(H,17,21)(H2,18,19,20,22). The quantitative estimate of drug-likeness (QED) is 0.800. The van der Waals surface area contributed by atoms with Gasteiger partial charge in [-0.05, 0) is 45.0 Å². The van der Waals surface area contributed by atoms with E-state index in [9.17, 15) is 14.0 Å². The van der Waals surface area contributed by atoms with Crippen LogP contribution in [-0.4, -0.2) is 23.0 Å². The largest absolute Gasteiger partial charge is 0.349 e. The van der Waals surface area contributed by atoms with Crippen molar-refractivity contribution in [1.82, 2.24) is 10.3 Å². The number of hydrogen-bond acceptors (Lipinski definition) is 4. The molecule has 0 atom stereocenters. The number of urea groups is 1. The van der Waals surface area contributed by atoms with Crippen molar-refractivity contribution in [1.29, 1.82) is 0 Å². The van der Waals surface area contributed by atoms with E-state index in [0.29, 0.717) is 21.4 Å². The fourth-order valence-electron chi connectivity index (χ4n) is 1.78. The molecular formula is C15H17FN4O2S. The Morgan fingerprint density at radius 1 is 1.17 bits per heavy atom. The third kappa shape index (κ3) is 4.75. The van der Waals surface area contributed by atoms with Crippen molar-refractivity contribution in [3.05, 3.63) is 40.7 Å². The van der Waals surface area contributed by atoms with Crippen LogP contribution in [0.4, 0.5) is 20.0 Å². The molecule has 2 rings (SSSR count). The van der Waals surface area contributed by atoms with Crippen molar-refractivity contribution < 1.29 is 14.0 Å². The monoisotopic (exact) mass is 336 g/mol. The Labute approximate surface area is 137 Å². The van der Waals surface area contributed by atoms with Crippen LogP contribution in [0.25, 0.3) is 0 Å². The highest BCUT2D eigenvalue weighted by Crippen LogP contribution is 2.22. The van der Waals surface area contributed by atoms with Crippen molar-refractivity contribution in [2.24, 2.45) is 0 Å². The summed E-state index contributed by atoms with van der Waals surface area (Å²) < 4.78 is 12.8. The molecule has 0 aliphatic rings. The molecule has 0 unspecified atom stereocenters. The van der Waals surface area contributed by atoms with Gasteiger partial charge in [0.05, 0.1) is 5.69 Å². The molecule has 1 heterocycles. The zero-order chi connectivity index (χ0) is 17.0. The van der Waals surface area contributed by atoms with E-state index in [2.05, 4.69) is 20.9 Å². The molecule has 23 heavy (non-hydrogen) atoms. The lowest BCUT2D eigenvalue weighted by Gasteiger charge is -2.06. The highest BCUT2D eigenvalue weighted by atomic mass is 32.1. The molecule has 1 aromatic carbocycles. The Kier molecular flexibility index (Phi) is 5.28. The molecule has 0 bridgehead atoms. The minimum atomic E-state index is -0.513. The fourth-order valence-corrected chi connectivity index (χ4v) is 2.65. The summed E-state index contributed by atoms with van der Waals surface area (Å²) in [5, 5.41) is 8.21. The predicted octanol–water partition coefficient (Wildman–Crippen LogP) is 3.37. The molecule has 0 saturated heterocycles. The number of nitrogens with one attached hydrogen (secondary N) is 3. The van der Waals surface area contributed by atoms with Gasteiger partial charge in [0.15, 0.2) is 5.13 Å².